The minimum atomic E-state index is 0.342. The van der Waals surface area contributed by atoms with E-state index in [-0.39, 0.29) is 0 Å². The van der Waals surface area contributed by atoms with Crippen LogP contribution in [0.15, 0.2) is 34.2 Å². The Kier molecular flexibility index (Phi) is 2.88. The number of ether oxygens (including phenoxy) is 1. The van der Waals surface area contributed by atoms with E-state index < -0.39 is 0 Å². The van der Waals surface area contributed by atoms with E-state index in [1.54, 1.807) is 12.5 Å². The zero-order valence-electron chi connectivity index (χ0n) is 10.0. The third-order valence-electron chi connectivity index (χ3n) is 2.51. The van der Waals surface area contributed by atoms with E-state index in [1.807, 2.05) is 24.3 Å². The molecule has 7 heteroatoms. The molecule has 0 bridgehead atoms. The molecule has 1 aromatic carbocycles. The van der Waals surface area contributed by atoms with Gasteiger partial charge in [0.25, 0.3) is 5.89 Å². The number of methoxy groups -OCH3 is 1. The minimum Gasteiger partial charge on any atom is -0.496 e. The van der Waals surface area contributed by atoms with E-state index in [1.165, 1.54) is 11.3 Å². The molecule has 0 saturated heterocycles. The fourth-order valence-electron chi connectivity index (χ4n) is 1.65. The van der Waals surface area contributed by atoms with Crippen LogP contribution in [0.1, 0.15) is 0 Å². The molecule has 0 amide bonds. The van der Waals surface area contributed by atoms with Crippen LogP contribution < -0.4 is 10.5 Å². The van der Waals surface area contributed by atoms with E-state index in [0.29, 0.717) is 28.3 Å². The molecule has 3 aromatic rings. The summed E-state index contributed by atoms with van der Waals surface area (Å²) in [6.45, 7) is 0. The molecule has 0 aliphatic carbocycles. The molecular weight excluding hydrogens is 264 g/mol. The number of hydrogen-bond acceptors (Lipinski definition) is 7. The molecule has 0 unspecified atom stereocenters. The number of nitrogens with zero attached hydrogens (tertiary/aromatic N) is 3. The number of benzene rings is 1. The van der Waals surface area contributed by atoms with Crippen molar-refractivity contribution in [2.45, 2.75) is 0 Å². The number of nitrogen functional groups attached to an aromatic ring is 1. The van der Waals surface area contributed by atoms with Gasteiger partial charge in [-0.25, -0.2) is 4.98 Å². The summed E-state index contributed by atoms with van der Waals surface area (Å²) >= 11 is 1.33. The summed E-state index contributed by atoms with van der Waals surface area (Å²) in [6, 6.07) is 7.47. The summed E-state index contributed by atoms with van der Waals surface area (Å²) in [5, 5.41) is 6.18. The number of thiazole rings is 1. The van der Waals surface area contributed by atoms with Crippen molar-refractivity contribution < 1.29 is 9.26 Å². The minimum absolute atomic E-state index is 0.342. The van der Waals surface area contributed by atoms with Crippen LogP contribution >= 0.6 is 11.3 Å². The normalized spacial score (nSPS) is 10.6. The number of para-hydroxylation sites is 1. The Morgan fingerprint density at radius 3 is 2.84 bits per heavy atom. The van der Waals surface area contributed by atoms with Crippen molar-refractivity contribution in [2.75, 3.05) is 12.8 Å². The van der Waals surface area contributed by atoms with E-state index in [2.05, 4.69) is 15.1 Å². The summed E-state index contributed by atoms with van der Waals surface area (Å²) in [4.78, 5) is 8.40. The Labute approximate surface area is 112 Å². The number of hydrogen-bond donors (Lipinski definition) is 1. The maximum atomic E-state index is 5.58. The van der Waals surface area contributed by atoms with Crippen molar-refractivity contribution in [1.82, 2.24) is 15.1 Å². The molecular formula is C12H10N4O2S. The summed E-state index contributed by atoms with van der Waals surface area (Å²) in [5.74, 6) is 1.49. The molecule has 3 rings (SSSR count). The van der Waals surface area contributed by atoms with E-state index in [9.17, 15) is 0 Å². The van der Waals surface area contributed by atoms with Gasteiger partial charge in [0, 0.05) is 5.38 Å². The first-order valence-corrected chi connectivity index (χ1v) is 6.34. The first kappa shape index (κ1) is 11.7. The van der Waals surface area contributed by atoms with Gasteiger partial charge in [-0.05, 0) is 12.1 Å². The number of aromatic nitrogens is 3. The van der Waals surface area contributed by atoms with Crippen LogP contribution in [-0.2, 0) is 0 Å². The van der Waals surface area contributed by atoms with Gasteiger partial charge in [-0.1, -0.05) is 17.3 Å². The summed E-state index contributed by atoms with van der Waals surface area (Å²) in [7, 11) is 1.60. The average molecular weight is 274 g/mol. The van der Waals surface area contributed by atoms with Crippen LogP contribution in [0.2, 0.25) is 0 Å². The second-order valence-electron chi connectivity index (χ2n) is 3.69. The Hall–Kier alpha value is -2.41. The van der Waals surface area contributed by atoms with E-state index in [4.69, 9.17) is 15.0 Å². The zero-order chi connectivity index (χ0) is 13.2. The highest BCUT2D eigenvalue weighted by molar-refractivity contribution is 7.13. The van der Waals surface area contributed by atoms with E-state index >= 15 is 0 Å². The maximum Gasteiger partial charge on any atom is 0.277 e. The van der Waals surface area contributed by atoms with Crippen molar-refractivity contribution in [3.8, 4) is 28.7 Å². The fourth-order valence-corrected chi connectivity index (χ4v) is 2.19. The topological polar surface area (TPSA) is 87.1 Å². The number of anilines is 1. The van der Waals surface area contributed by atoms with Gasteiger partial charge < -0.3 is 15.0 Å². The molecule has 0 spiro atoms. The van der Waals surface area contributed by atoms with Gasteiger partial charge in [0.15, 0.2) is 5.13 Å². The summed E-state index contributed by atoms with van der Waals surface area (Å²) in [6.07, 6.45) is 0. The fraction of sp³-hybridized carbons (Fsp3) is 0.0833. The van der Waals surface area contributed by atoms with Crippen molar-refractivity contribution in [1.29, 1.82) is 0 Å². The van der Waals surface area contributed by atoms with Crippen LogP contribution in [0.25, 0.3) is 23.0 Å². The van der Waals surface area contributed by atoms with Crippen molar-refractivity contribution in [2.24, 2.45) is 0 Å². The lowest BCUT2D eigenvalue weighted by Gasteiger charge is -2.02. The van der Waals surface area contributed by atoms with Crippen LogP contribution in [0.3, 0.4) is 0 Å². The maximum absolute atomic E-state index is 5.58. The van der Waals surface area contributed by atoms with Gasteiger partial charge in [-0.15, -0.1) is 11.3 Å². The number of rotatable bonds is 3. The lowest BCUT2D eigenvalue weighted by atomic mass is 10.2. The lowest BCUT2D eigenvalue weighted by Crippen LogP contribution is -1.88. The lowest BCUT2D eigenvalue weighted by molar-refractivity contribution is 0.413. The Morgan fingerprint density at radius 1 is 1.26 bits per heavy atom. The predicted molar refractivity (Wildman–Crippen MR) is 71.8 cm³/mol. The van der Waals surface area contributed by atoms with Gasteiger partial charge in [0.1, 0.15) is 11.4 Å². The molecule has 0 saturated carbocycles. The molecule has 2 N–H and O–H groups in total. The first-order valence-electron chi connectivity index (χ1n) is 5.46. The third-order valence-corrected chi connectivity index (χ3v) is 3.19. The highest BCUT2D eigenvalue weighted by Crippen LogP contribution is 2.29. The SMILES string of the molecule is COc1ccccc1-c1noc(-c2csc(N)n2)n1. The average Bonchev–Trinajstić information content (AvgIpc) is 3.07. The third kappa shape index (κ3) is 2.15. The monoisotopic (exact) mass is 274 g/mol. The van der Waals surface area contributed by atoms with E-state index in [0.717, 1.165) is 5.56 Å². The Morgan fingerprint density at radius 2 is 2.11 bits per heavy atom. The van der Waals surface area contributed by atoms with Gasteiger partial charge in [-0.3, -0.25) is 0 Å². The van der Waals surface area contributed by atoms with Crippen molar-refractivity contribution >= 4 is 16.5 Å². The van der Waals surface area contributed by atoms with Gasteiger partial charge in [0.05, 0.1) is 12.7 Å². The largest absolute Gasteiger partial charge is 0.496 e. The van der Waals surface area contributed by atoms with Gasteiger partial charge in [0.2, 0.25) is 5.82 Å². The molecule has 0 aliphatic heterocycles. The molecule has 6 nitrogen and oxygen atoms in total. The molecule has 0 atom stereocenters. The molecule has 0 aliphatic rings. The molecule has 2 aromatic heterocycles. The standard InChI is InChI=1S/C12H10N4O2S/c1-17-9-5-3-2-4-7(9)10-15-11(18-16-10)8-6-19-12(13)14-8/h2-6H,1H3,(H2,13,14). The Balaban J connectivity index is 2.01. The summed E-state index contributed by atoms with van der Waals surface area (Å²) < 4.78 is 10.5. The number of nitrogens with two attached hydrogens (primary N) is 1. The Bertz CT molecular complexity index is 707. The van der Waals surface area contributed by atoms with Crippen LogP contribution in [0.4, 0.5) is 5.13 Å². The van der Waals surface area contributed by atoms with Crippen molar-refractivity contribution in [3.63, 3.8) is 0 Å². The highest BCUT2D eigenvalue weighted by Gasteiger charge is 2.15. The zero-order valence-corrected chi connectivity index (χ0v) is 10.8. The second kappa shape index (κ2) is 4.69. The highest BCUT2D eigenvalue weighted by atomic mass is 32.1. The van der Waals surface area contributed by atoms with Gasteiger partial charge >= 0.3 is 0 Å². The summed E-state index contributed by atoms with van der Waals surface area (Å²) in [5.41, 5.74) is 6.92. The van der Waals surface area contributed by atoms with Crippen molar-refractivity contribution in [3.05, 3.63) is 29.6 Å². The molecule has 96 valence electrons. The molecule has 0 fully saturated rings. The second-order valence-corrected chi connectivity index (χ2v) is 4.58. The molecule has 19 heavy (non-hydrogen) atoms. The molecule has 2 heterocycles. The quantitative estimate of drug-likeness (QED) is 0.789. The van der Waals surface area contributed by atoms with Gasteiger partial charge in [-0.2, -0.15) is 4.98 Å². The smallest absolute Gasteiger partial charge is 0.277 e. The van der Waals surface area contributed by atoms with Crippen LogP contribution in [-0.4, -0.2) is 22.2 Å². The first-order chi connectivity index (χ1) is 9.28. The molecule has 0 radical (unpaired) electrons. The predicted octanol–water partition coefficient (Wildman–Crippen LogP) is 2.45. The van der Waals surface area contributed by atoms with Crippen LogP contribution in [0, 0.1) is 0 Å². The van der Waals surface area contributed by atoms with Crippen LogP contribution in [0.5, 0.6) is 5.75 Å².